The number of hydrogen-bond donors (Lipinski definition) is 0. The first kappa shape index (κ1) is 11.4. The molecule has 12 heavy (non-hydrogen) atoms. The van der Waals surface area contributed by atoms with Gasteiger partial charge in [-0.15, -0.1) is 0 Å². The van der Waals surface area contributed by atoms with Gasteiger partial charge in [-0.05, 0) is 12.8 Å². The molecule has 0 aromatic heterocycles. The number of nitrogens with zero attached hydrogens (tertiary/aromatic N) is 1. The first-order valence-corrected chi connectivity index (χ1v) is 4.70. The Labute approximate surface area is 74.6 Å². The fourth-order valence-corrected chi connectivity index (χ4v) is 0.986. The molecule has 1 aliphatic heterocycles. The molecule has 1 rings (SSSR count). The molecule has 1 aliphatic rings. The molecule has 0 unspecified atom stereocenters. The molecule has 0 N–H and O–H groups in total. The second-order valence-corrected chi connectivity index (χ2v) is 2.54. The van der Waals surface area contributed by atoms with E-state index in [1.54, 1.807) is 7.05 Å². The lowest BCUT2D eigenvalue weighted by Gasteiger charge is -2.18. The Hall–Kier alpha value is -0.570. The molecule has 0 aromatic carbocycles. The third-order valence-corrected chi connectivity index (χ3v) is 1.67. The lowest BCUT2D eigenvalue weighted by Crippen LogP contribution is -2.28. The second-order valence-electron chi connectivity index (χ2n) is 2.54. The SMILES string of the molecule is CC.CN1OCCCCCC1=O. The maximum absolute atomic E-state index is 11.0. The van der Waals surface area contributed by atoms with Crippen molar-refractivity contribution in [3.8, 4) is 0 Å². The van der Waals surface area contributed by atoms with Crippen LogP contribution in [-0.4, -0.2) is 24.6 Å². The standard InChI is InChI=1S/C7H13NO2.C2H6/c1-8-7(9)5-3-2-4-6-10-8;1-2/h2-6H2,1H3;1-2H3. The van der Waals surface area contributed by atoms with Crippen molar-refractivity contribution in [2.45, 2.75) is 39.5 Å². The molecular weight excluding hydrogens is 154 g/mol. The summed E-state index contributed by atoms with van der Waals surface area (Å²) in [6.07, 6.45) is 3.82. The van der Waals surface area contributed by atoms with Gasteiger partial charge in [0.15, 0.2) is 0 Å². The molecule has 0 atom stereocenters. The van der Waals surface area contributed by atoms with Crippen molar-refractivity contribution in [2.75, 3.05) is 13.7 Å². The van der Waals surface area contributed by atoms with E-state index in [-0.39, 0.29) is 5.91 Å². The summed E-state index contributed by atoms with van der Waals surface area (Å²) in [5, 5.41) is 1.35. The van der Waals surface area contributed by atoms with E-state index in [9.17, 15) is 4.79 Å². The van der Waals surface area contributed by atoms with Crippen LogP contribution in [-0.2, 0) is 9.63 Å². The number of carbonyl (C=O) groups is 1. The predicted molar refractivity (Wildman–Crippen MR) is 48.5 cm³/mol. The van der Waals surface area contributed by atoms with Crippen LogP contribution in [0.15, 0.2) is 0 Å². The van der Waals surface area contributed by atoms with E-state index in [1.807, 2.05) is 13.8 Å². The molecule has 0 aliphatic carbocycles. The maximum Gasteiger partial charge on any atom is 0.245 e. The third kappa shape index (κ3) is 4.34. The molecule has 1 fully saturated rings. The summed E-state index contributed by atoms with van der Waals surface area (Å²) in [6, 6.07) is 0. The quantitative estimate of drug-likeness (QED) is 0.560. The largest absolute Gasteiger partial charge is 0.273 e. The van der Waals surface area contributed by atoms with Gasteiger partial charge in [0.1, 0.15) is 0 Å². The van der Waals surface area contributed by atoms with Gasteiger partial charge in [0, 0.05) is 13.5 Å². The normalized spacial score (nSPS) is 18.9. The number of hydrogen-bond acceptors (Lipinski definition) is 2. The zero-order valence-electron chi connectivity index (χ0n) is 8.30. The van der Waals surface area contributed by atoms with Gasteiger partial charge in [-0.25, -0.2) is 5.06 Å². The van der Waals surface area contributed by atoms with E-state index in [4.69, 9.17) is 4.84 Å². The summed E-state index contributed by atoms with van der Waals surface area (Å²) in [5.74, 6) is 0.0969. The summed E-state index contributed by atoms with van der Waals surface area (Å²) >= 11 is 0. The van der Waals surface area contributed by atoms with Gasteiger partial charge in [0.05, 0.1) is 6.61 Å². The van der Waals surface area contributed by atoms with Gasteiger partial charge in [-0.2, -0.15) is 0 Å². The van der Waals surface area contributed by atoms with E-state index < -0.39 is 0 Å². The first-order valence-electron chi connectivity index (χ1n) is 4.70. The van der Waals surface area contributed by atoms with E-state index in [0.29, 0.717) is 13.0 Å². The first-order chi connectivity index (χ1) is 5.80. The van der Waals surface area contributed by atoms with Gasteiger partial charge in [-0.1, -0.05) is 20.3 Å². The molecule has 0 aromatic rings. The highest BCUT2D eigenvalue weighted by molar-refractivity contribution is 5.74. The van der Waals surface area contributed by atoms with Crippen molar-refractivity contribution in [3.05, 3.63) is 0 Å². The zero-order chi connectivity index (χ0) is 9.40. The molecule has 1 heterocycles. The highest BCUT2D eigenvalue weighted by atomic mass is 16.7. The summed E-state index contributed by atoms with van der Waals surface area (Å²) < 4.78 is 0. The van der Waals surface area contributed by atoms with E-state index in [2.05, 4.69) is 0 Å². The monoisotopic (exact) mass is 173 g/mol. The molecular formula is C9H19NO2. The third-order valence-electron chi connectivity index (χ3n) is 1.67. The fraction of sp³-hybridized carbons (Fsp3) is 0.889. The Morgan fingerprint density at radius 2 is 1.92 bits per heavy atom. The average molecular weight is 173 g/mol. The molecule has 72 valence electrons. The average Bonchev–Trinajstić information content (AvgIpc) is 2.11. The van der Waals surface area contributed by atoms with Crippen LogP contribution in [0.3, 0.4) is 0 Å². The van der Waals surface area contributed by atoms with Crippen LogP contribution in [0.1, 0.15) is 39.5 Å². The second kappa shape index (κ2) is 7.10. The number of hydroxylamine groups is 2. The Morgan fingerprint density at radius 3 is 2.58 bits per heavy atom. The lowest BCUT2D eigenvalue weighted by molar-refractivity contribution is -0.180. The minimum absolute atomic E-state index is 0.0969. The van der Waals surface area contributed by atoms with Crippen LogP contribution in [0.2, 0.25) is 0 Å². The van der Waals surface area contributed by atoms with Crippen LogP contribution in [0.4, 0.5) is 0 Å². The van der Waals surface area contributed by atoms with Crippen molar-refractivity contribution < 1.29 is 9.63 Å². The smallest absolute Gasteiger partial charge is 0.245 e. The highest BCUT2D eigenvalue weighted by Gasteiger charge is 2.10. The zero-order valence-corrected chi connectivity index (χ0v) is 8.30. The lowest BCUT2D eigenvalue weighted by atomic mass is 10.2. The van der Waals surface area contributed by atoms with Crippen molar-refractivity contribution in [2.24, 2.45) is 0 Å². The molecule has 1 amide bonds. The van der Waals surface area contributed by atoms with Crippen LogP contribution in [0.25, 0.3) is 0 Å². The summed E-state index contributed by atoms with van der Waals surface area (Å²) in [6.45, 7) is 4.68. The van der Waals surface area contributed by atoms with Gasteiger partial charge in [0.25, 0.3) is 0 Å². The number of rotatable bonds is 0. The number of amides is 1. The van der Waals surface area contributed by atoms with Crippen LogP contribution < -0.4 is 0 Å². The van der Waals surface area contributed by atoms with Crippen LogP contribution in [0.5, 0.6) is 0 Å². The molecule has 1 saturated heterocycles. The Morgan fingerprint density at radius 1 is 1.25 bits per heavy atom. The maximum atomic E-state index is 11.0. The molecule has 0 spiro atoms. The van der Waals surface area contributed by atoms with Crippen molar-refractivity contribution >= 4 is 5.91 Å². The van der Waals surface area contributed by atoms with Crippen molar-refractivity contribution in [1.82, 2.24) is 5.06 Å². The number of carbonyl (C=O) groups excluding carboxylic acids is 1. The van der Waals surface area contributed by atoms with Crippen molar-refractivity contribution in [3.63, 3.8) is 0 Å². The van der Waals surface area contributed by atoms with Gasteiger partial charge in [0.2, 0.25) is 5.91 Å². The molecule has 3 heteroatoms. The van der Waals surface area contributed by atoms with Crippen LogP contribution in [0, 0.1) is 0 Å². The molecule has 3 nitrogen and oxygen atoms in total. The van der Waals surface area contributed by atoms with E-state index in [1.165, 1.54) is 5.06 Å². The predicted octanol–water partition coefficient (Wildman–Crippen LogP) is 1.98. The van der Waals surface area contributed by atoms with Gasteiger partial charge in [-0.3, -0.25) is 9.63 Å². The van der Waals surface area contributed by atoms with E-state index >= 15 is 0 Å². The van der Waals surface area contributed by atoms with Gasteiger partial charge < -0.3 is 0 Å². The Balaban J connectivity index is 0.000000561. The topological polar surface area (TPSA) is 29.5 Å². The Kier molecular flexibility index (Phi) is 6.76. The molecule has 0 radical (unpaired) electrons. The minimum atomic E-state index is 0.0969. The summed E-state index contributed by atoms with van der Waals surface area (Å²) in [4.78, 5) is 16.0. The van der Waals surface area contributed by atoms with Gasteiger partial charge >= 0.3 is 0 Å². The van der Waals surface area contributed by atoms with Crippen LogP contribution >= 0.6 is 0 Å². The van der Waals surface area contributed by atoms with Crippen molar-refractivity contribution in [1.29, 1.82) is 0 Å². The van der Waals surface area contributed by atoms with E-state index in [0.717, 1.165) is 19.3 Å². The molecule has 0 bridgehead atoms. The summed E-state index contributed by atoms with van der Waals surface area (Å²) in [7, 11) is 1.67. The Bertz CT molecular complexity index is 126. The highest BCUT2D eigenvalue weighted by Crippen LogP contribution is 2.07. The summed E-state index contributed by atoms with van der Waals surface area (Å²) in [5.41, 5.74) is 0. The fourth-order valence-electron chi connectivity index (χ4n) is 0.986. The molecule has 0 saturated carbocycles. The minimum Gasteiger partial charge on any atom is -0.273 e.